The van der Waals surface area contributed by atoms with Gasteiger partial charge in [0.1, 0.15) is 19.2 Å². The number of rotatable bonds is 1. The molecule has 0 spiro atoms. The van der Waals surface area contributed by atoms with Gasteiger partial charge in [-0.1, -0.05) is 0 Å². The third-order valence-electron chi connectivity index (χ3n) is 3.37. The van der Waals surface area contributed by atoms with E-state index in [0.29, 0.717) is 25.7 Å². The molecule has 1 aliphatic heterocycles. The molecule has 0 atom stereocenters. The van der Waals surface area contributed by atoms with Crippen LogP contribution >= 0.6 is 33.9 Å². The minimum absolute atomic E-state index is 0.192. The van der Waals surface area contributed by atoms with Crippen LogP contribution in [-0.2, 0) is 11.2 Å². The van der Waals surface area contributed by atoms with Crippen molar-refractivity contribution in [1.29, 1.82) is 0 Å². The third-order valence-corrected chi connectivity index (χ3v) is 5.09. The van der Waals surface area contributed by atoms with E-state index in [9.17, 15) is 14.0 Å². The molecular weight excluding hydrogens is 460 g/mol. The van der Waals surface area contributed by atoms with Crippen LogP contribution in [0.15, 0.2) is 12.1 Å². The molecular formula is C16H15FIN3O3S. The zero-order chi connectivity index (χ0) is 18.4. The number of imide groups is 1. The summed E-state index contributed by atoms with van der Waals surface area (Å²) >= 11 is 2.98. The molecule has 3 rings (SSSR count). The Labute approximate surface area is 161 Å². The maximum atomic E-state index is 14.1. The lowest BCUT2D eigenvalue weighted by Crippen LogP contribution is -2.44. The van der Waals surface area contributed by atoms with Crippen LogP contribution in [0.1, 0.15) is 36.1 Å². The van der Waals surface area contributed by atoms with Crippen molar-refractivity contribution < 1.29 is 18.7 Å². The van der Waals surface area contributed by atoms with Crippen LogP contribution in [0.4, 0.5) is 9.18 Å². The Morgan fingerprint density at radius 3 is 2.72 bits per heavy atom. The number of hydrogen-bond donors (Lipinski definition) is 0. The minimum atomic E-state index is -0.688. The molecule has 2 amide bonds. The van der Waals surface area contributed by atoms with Gasteiger partial charge in [0.25, 0.3) is 5.91 Å². The Morgan fingerprint density at radius 1 is 1.36 bits per heavy atom. The maximum Gasteiger partial charge on any atom is 0.417 e. The van der Waals surface area contributed by atoms with Crippen molar-refractivity contribution in [2.45, 2.75) is 32.8 Å². The molecule has 0 saturated heterocycles. The molecule has 1 aliphatic rings. The summed E-state index contributed by atoms with van der Waals surface area (Å²) in [6.07, 6.45) is -0.267. The van der Waals surface area contributed by atoms with E-state index < -0.39 is 23.5 Å². The van der Waals surface area contributed by atoms with E-state index >= 15 is 0 Å². The molecule has 3 heterocycles. The van der Waals surface area contributed by atoms with Gasteiger partial charge in [0.2, 0.25) is 5.95 Å². The van der Waals surface area contributed by atoms with E-state index in [4.69, 9.17) is 4.74 Å². The van der Waals surface area contributed by atoms with Gasteiger partial charge in [-0.3, -0.25) is 4.79 Å². The van der Waals surface area contributed by atoms with E-state index in [1.54, 1.807) is 32.9 Å². The highest BCUT2D eigenvalue weighted by Crippen LogP contribution is 2.33. The van der Waals surface area contributed by atoms with Gasteiger partial charge in [0.15, 0.2) is 0 Å². The van der Waals surface area contributed by atoms with Crippen molar-refractivity contribution in [3.05, 3.63) is 32.4 Å². The molecule has 0 aromatic carbocycles. The number of fused-ring (bicyclic) bond motifs is 1. The zero-order valence-electron chi connectivity index (χ0n) is 13.8. The van der Waals surface area contributed by atoms with Crippen molar-refractivity contribution >= 4 is 45.9 Å². The van der Waals surface area contributed by atoms with Crippen molar-refractivity contribution in [2.24, 2.45) is 0 Å². The summed E-state index contributed by atoms with van der Waals surface area (Å²) < 4.78 is 19.9. The second-order valence-corrected chi connectivity index (χ2v) is 8.56. The van der Waals surface area contributed by atoms with Gasteiger partial charge in [-0.15, -0.1) is 11.3 Å². The fourth-order valence-electron chi connectivity index (χ4n) is 2.31. The standard InChI is InChI=1S/C16H15FIN3O3S/c1-16(2,3)24-15(23)21-7-6-9-11(14(21)22)25-13(19-9)8-4-5-10(18)20-12(8)17/h4-5H,6-7H2,1-3H3. The first-order valence-corrected chi connectivity index (χ1v) is 9.42. The van der Waals surface area contributed by atoms with Crippen LogP contribution in [-0.4, -0.2) is 39.0 Å². The average molecular weight is 475 g/mol. The number of carbonyl (C=O) groups is 2. The zero-order valence-corrected chi connectivity index (χ0v) is 16.8. The molecule has 0 aliphatic carbocycles. The summed E-state index contributed by atoms with van der Waals surface area (Å²) in [6.45, 7) is 5.41. The predicted molar refractivity (Wildman–Crippen MR) is 99.0 cm³/mol. The molecule has 25 heavy (non-hydrogen) atoms. The summed E-state index contributed by atoms with van der Waals surface area (Å²) in [5.41, 5.74) is 0.131. The van der Waals surface area contributed by atoms with Gasteiger partial charge >= 0.3 is 6.09 Å². The first-order valence-electron chi connectivity index (χ1n) is 7.52. The smallest absolute Gasteiger partial charge is 0.417 e. The molecule has 0 radical (unpaired) electrons. The van der Waals surface area contributed by atoms with Crippen molar-refractivity contribution in [2.75, 3.05) is 6.54 Å². The number of halogens is 2. The lowest BCUT2D eigenvalue weighted by molar-refractivity contribution is 0.0235. The Kier molecular flexibility index (Phi) is 4.80. The molecule has 0 N–H and O–H groups in total. The monoisotopic (exact) mass is 475 g/mol. The number of carbonyl (C=O) groups excluding carboxylic acids is 2. The Bertz CT molecular complexity index is 863. The van der Waals surface area contributed by atoms with Gasteiger partial charge in [-0.25, -0.2) is 19.7 Å². The predicted octanol–water partition coefficient (Wildman–Crippen LogP) is 3.88. The fourth-order valence-corrected chi connectivity index (χ4v) is 3.77. The summed E-state index contributed by atoms with van der Waals surface area (Å²) in [6, 6.07) is 3.26. The Balaban J connectivity index is 1.90. The Hall–Kier alpha value is -1.62. The molecule has 2 aromatic rings. The fraction of sp³-hybridized carbons (Fsp3) is 0.375. The summed E-state index contributed by atoms with van der Waals surface area (Å²) in [7, 11) is 0. The first-order chi connectivity index (χ1) is 11.7. The minimum Gasteiger partial charge on any atom is -0.443 e. The van der Waals surface area contributed by atoms with Crippen LogP contribution in [0.3, 0.4) is 0 Å². The van der Waals surface area contributed by atoms with Crippen molar-refractivity contribution in [3.8, 4) is 10.6 Å². The van der Waals surface area contributed by atoms with Gasteiger partial charge in [0.05, 0.1) is 11.3 Å². The lowest BCUT2D eigenvalue weighted by Gasteiger charge is -2.27. The molecule has 9 heteroatoms. The number of amides is 2. The van der Waals surface area contributed by atoms with Crippen molar-refractivity contribution in [1.82, 2.24) is 14.9 Å². The molecule has 0 unspecified atom stereocenters. The highest BCUT2D eigenvalue weighted by Gasteiger charge is 2.35. The molecule has 0 bridgehead atoms. The lowest BCUT2D eigenvalue weighted by atomic mass is 10.1. The number of thiazole rings is 1. The average Bonchev–Trinajstić information content (AvgIpc) is 2.90. The van der Waals surface area contributed by atoms with Gasteiger partial charge in [-0.05, 0) is 55.5 Å². The van der Waals surface area contributed by atoms with Gasteiger partial charge < -0.3 is 4.74 Å². The molecule has 0 fully saturated rings. The SMILES string of the molecule is CC(C)(C)OC(=O)N1CCc2nc(-c3ccc(I)nc3F)sc2C1=O. The van der Waals surface area contributed by atoms with E-state index in [2.05, 4.69) is 9.97 Å². The summed E-state index contributed by atoms with van der Waals surface area (Å²) in [4.78, 5) is 34.4. The second kappa shape index (κ2) is 6.60. The second-order valence-electron chi connectivity index (χ2n) is 6.45. The maximum absolute atomic E-state index is 14.1. The quantitative estimate of drug-likeness (QED) is 0.463. The largest absolute Gasteiger partial charge is 0.443 e. The highest BCUT2D eigenvalue weighted by atomic mass is 127. The number of aromatic nitrogens is 2. The molecule has 132 valence electrons. The normalized spacial score (nSPS) is 14.4. The van der Waals surface area contributed by atoms with Crippen molar-refractivity contribution in [3.63, 3.8) is 0 Å². The Morgan fingerprint density at radius 2 is 2.08 bits per heavy atom. The van der Waals surface area contributed by atoms with Crippen LogP contribution in [0.25, 0.3) is 10.6 Å². The van der Waals surface area contributed by atoms with Crippen LogP contribution in [0.5, 0.6) is 0 Å². The van der Waals surface area contributed by atoms with Gasteiger partial charge in [-0.2, -0.15) is 4.39 Å². The number of hydrogen-bond acceptors (Lipinski definition) is 6. The van der Waals surface area contributed by atoms with Crippen LogP contribution in [0, 0.1) is 9.65 Å². The third kappa shape index (κ3) is 3.81. The molecule has 0 saturated carbocycles. The first kappa shape index (κ1) is 18.2. The highest BCUT2D eigenvalue weighted by molar-refractivity contribution is 14.1. The van der Waals surface area contributed by atoms with Crippen LogP contribution in [0.2, 0.25) is 0 Å². The molecule has 6 nitrogen and oxygen atoms in total. The number of pyridine rings is 1. The van der Waals surface area contributed by atoms with E-state index in [1.807, 2.05) is 22.6 Å². The summed E-state index contributed by atoms with van der Waals surface area (Å²) in [5.74, 6) is -1.09. The number of nitrogens with zero attached hydrogens (tertiary/aromatic N) is 3. The topological polar surface area (TPSA) is 72.4 Å². The van der Waals surface area contributed by atoms with E-state index in [-0.39, 0.29) is 12.1 Å². The van der Waals surface area contributed by atoms with Crippen LogP contribution < -0.4 is 0 Å². The number of ether oxygens (including phenoxy) is 1. The van der Waals surface area contributed by atoms with E-state index in [0.717, 1.165) is 16.2 Å². The molecule has 2 aromatic heterocycles. The van der Waals surface area contributed by atoms with Gasteiger partial charge in [0, 0.05) is 13.0 Å². The summed E-state index contributed by atoms with van der Waals surface area (Å²) in [5, 5.41) is 0.380. The van der Waals surface area contributed by atoms with E-state index in [1.165, 1.54) is 0 Å².